The molecule has 0 unspecified atom stereocenters. The van der Waals surface area contributed by atoms with Crippen LogP contribution in [-0.4, -0.2) is 22.1 Å². The molecule has 17 heavy (non-hydrogen) atoms. The fraction of sp³-hybridized carbons (Fsp3) is 0.500. The molecule has 0 aromatic carbocycles. The SMILES string of the molecule is [2H]C1([2H])[C@H](C)S(=O)(=O)c2sc(S(N)(=O)=O)cc2[C@@]1([2H])N. The van der Waals surface area contributed by atoms with E-state index < -0.39 is 45.9 Å². The second-order valence-corrected chi connectivity index (χ2v) is 8.86. The fourth-order valence-electron chi connectivity index (χ4n) is 1.43. The molecule has 9 heteroatoms. The third-order valence-electron chi connectivity index (χ3n) is 2.33. The number of primary sulfonamides is 1. The van der Waals surface area contributed by atoms with Gasteiger partial charge in [-0.15, -0.1) is 11.3 Å². The normalized spacial score (nSPS) is 37.6. The molecule has 0 aliphatic carbocycles. The summed E-state index contributed by atoms with van der Waals surface area (Å²) >= 11 is 0.388. The smallest absolute Gasteiger partial charge is 0.247 e. The number of rotatable bonds is 1. The average molecular weight is 299 g/mol. The van der Waals surface area contributed by atoms with E-state index >= 15 is 0 Å². The standard InChI is InChI=1S/C8H12N2O4S3/c1-4-2-6(9)5-3-7(17(10,13)14)15-8(5)16(4,11)12/h3-4,6H,2,9H2,1H3,(H2,10,13,14)/t4-,6-/m0/s1/i2D2,6D. The van der Waals surface area contributed by atoms with Gasteiger partial charge in [-0.05, 0) is 24.9 Å². The van der Waals surface area contributed by atoms with Crippen LogP contribution in [0.2, 0.25) is 0 Å². The average Bonchev–Trinajstić information content (AvgIpc) is 2.71. The molecule has 0 bridgehead atoms. The highest BCUT2D eigenvalue weighted by Gasteiger charge is 2.37. The summed E-state index contributed by atoms with van der Waals surface area (Å²) in [5.74, 6) is 0. The Labute approximate surface area is 108 Å². The predicted octanol–water partition coefficient (Wildman–Crippen LogP) is -0.0388. The van der Waals surface area contributed by atoms with Gasteiger partial charge in [-0.25, -0.2) is 22.0 Å². The maximum Gasteiger partial charge on any atom is 0.247 e. The van der Waals surface area contributed by atoms with Crippen molar-refractivity contribution in [2.24, 2.45) is 10.9 Å². The summed E-state index contributed by atoms with van der Waals surface area (Å²) in [6, 6.07) is -1.52. The molecule has 1 aliphatic heterocycles. The zero-order chi connectivity index (χ0) is 15.7. The Hall–Kier alpha value is -0.480. The van der Waals surface area contributed by atoms with Crippen molar-refractivity contribution in [3.63, 3.8) is 0 Å². The summed E-state index contributed by atoms with van der Waals surface area (Å²) in [5.41, 5.74) is 5.25. The molecule has 6 nitrogen and oxygen atoms in total. The first-order chi connectivity index (χ1) is 8.74. The highest BCUT2D eigenvalue weighted by Crippen LogP contribution is 2.41. The van der Waals surface area contributed by atoms with Crippen LogP contribution in [0.5, 0.6) is 0 Å². The molecule has 0 saturated carbocycles. The van der Waals surface area contributed by atoms with E-state index in [1.54, 1.807) is 0 Å². The predicted molar refractivity (Wildman–Crippen MR) is 63.9 cm³/mol. The molecule has 1 aromatic rings. The molecule has 4 N–H and O–H groups in total. The van der Waals surface area contributed by atoms with E-state index in [0.717, 1.165) is 13.0 Å². The molecule has 2 atom stereocenters. The molecular weight excluding hydrogens is 284 g/mol. The van der Waals surface area contributed by atoms with E-state index in [1.807, 2.05) is 0 Å². The van der Waals surface area contributed by atoms with Gasteiger partial charge in [0, 0.05) is 8.76 Å². The zero-order valence-electron chi connectivity index (χ0n) is 11.7. The quantitative estimate of drug-likeness (QED) is 0.754. The molecule has 0 spiro atoms. The van der Waals surface area contributed by atoms with Crippen LogP contribution in [0, 0.1) is 0 Å². The Morgan fingerprint density at radius 1 is 1.65 bits per heavy atom. The lowest BCUT2D eigenvalue weighted by Crippen LogP contribution is -2.29. The lowest BCUT2D eigenvalue weighted by molar-refractivity contribution is 0.542. The first-order valence-electron chi connectivity index (χ1n) is 5.94. The van der Waals surface area contributed by atoms with Gasteiger partial charge in [0.05, 0.1) is 6.62 Å². The van der Waals surface area contributed by atoms with Crippen LogP contribution in [0.1, 0.15) is 29.0 Å². The number of nitrogens with two attached hydrogens (primary N) is 2. The van der Waals surface area contributed by atoms with Crippen molar-refractivity contribution < 1.29 is 20.9 Å². The zero-order valence-corrected chi connectivity index (χ0v) is 11.1. The monoisotopic (exact) mass is 299 g/mol. The Kier molecular flexibility index (Phi) is 2.09. The third-order valence-corrected chi connectivity index (χ3v) is 7.41. The van der Waals surface area contributed by atoms with Crippen molar-refractivity contribution in [1.82, 2.24) is 0 Å². The number of fused-ring (bicyclic) bond motifs is 1. The maximum atomic E-state index is 12.2. The van der Waals surface area contributed by atoms with Crippen molar-refractivity contribution in [3.8, 4) is 0 Å². The molecule has 1 aliphatic rings. The van der Waals surface area contributed by atoms with E-state index in [0.29, 0.717) is 11.3 Å². The van der Waals surface area contributed by atoms with Gasteiger partial charge in [0.1, 0.15) is 8.42 Å². The lowest BCUT2D eigenvalue weighted by Gasteiger charge is -2.23. The van der Waals surface area contributed by atoms with E-state index in [2.05, 4.69) is 0 Å². The van der Waals surface area contributed by atoms with Gasteiger partial charge >= 0.3 is 0 Å². The minimum atomic E-state index is -4.16. The van der Waals surface area contributed by atoms with Gasteiger partial charge in [-0.3, -0.25) is 0 Å². The van der Waals surface area contributed by atoms with Crippen molar-refractivity contribution in [2.75, 3.05) is 0 Å². The van der Waals surface area contributed by atoms with Crippen LogP contribution >= 0.6 is 11.3 Å². The van der Waals surface area contributed by atoms with Crippen LogP contribution in [0.15, 0.2) is 14.5 Å². The Morgan fingerprint density at radius 2 is 2.24 bits per heavy atom. The Bertz CT molecular complexity index is 782. The molecule has 0 amide bonds. The highest BCUT2D eigenvalue weighted by molar-refractivity contribution is 7.95. The van der Waals surface area contributed by atoms with Gasteiger partial charge in [0.2, 0.25) is 10.0 Å². The minimum Gasteiger partial charge on any atom is -0.324 e. The second kappa shape index (κ2) is 3.75. The summed E-state index contributed by atoms with van der Waals surface area (Å²) in [5, 5.41) is 3.37. The molecule has 0 fully saturated rings. The van der Waals surface area contributed by atoms with Gasteiger partial charge in [0.15, 0.2) is 9.84 Å². The molecule has 1 aromatic heterocycles. The van der Waals surface area contributed by atoms with Crippen molar-refractivity contribution in [1.29, 1.82) is 0 Å². The van der Waals surface area contributed by atoms with Crippen molar-refractivity contribution in [3.05, 3.63) is 11.6 Å². The van der Waals surface area contributed by atoms with E-state index in [-0.39, 0.29) is 5.56 Å². The van der Waals surface area contributed by atoms with E-state index in [9.17, 15) is 16.8 Å². The van der Waals surface area contributed by atoms with Crippen LogP contribution < -0.4 is 10.9 Å². The van der Waals surface area contributed by atoms with Crippen LogP contribution in [0.4, 0.5) is 0 Å². The largest absolute Gasteiger partial charge is 0.324 e. The number of hydrogen-bond acceptors (Lipinski definition) is 6. The van der Waals surface area contributed by atoms with Gasteiger partial charge in [-0.2, -0.15) is 0 Å². The molecule has 0 radical (unpaired) electrons. The molecule has 2 heterocycles. The number of sulfonamides is 1. The van der Waals surface area contributed by atoms with Gasteiger partial charge < -0.3 is 5.73 Å². The fourth-order valence-corrected chi connectivity index (χ4v) is 5.47. The van der Waals surface area contributed by atoms with Crippen LogP contribution in [0.25, 0.3) is 0 Å². The first-order valence-corrected chi connectivity index (χ1v) is 8.35. The summed E-state index contributed by atoms with van der Waals surface area (Å²) in [6.07, 6.45) is -2.57. The molecule has 96 valence electrons. The summed E-state index contributed by atoms with van der Waals surface area (Å²) in [6.45, 7) is 1.10. The Balaban J connectivity index is 2.90. The second-order valence-electron chi connectivity index (χ2n) is 3.56. The van der Waals surface area contributed by atoms with Crippen LogP contribution in [0.3, 0.4) is 0 Å². The first kappa shape index (κ1) is 9.45. The maximum absolute atomic E-state index is 12.2. The number of hydrogen-bond donors (Lipinski definition) is 2. The highest BCUT2D eigenvalue weighted by atomic mass is 32.3. The topological polar surface area (TPSA) is 120 Å². The third kappa shape index (κ3) is 2.02. The van der Waals surface area contributed by atoms with Gasteiger partial charge in [-0.1, -0.05) is 0 Å². The molecule has 0 saturated heterocycles. The Morgan fingerprint density at radius 3 is 2.76 bits per heavy atom. The lowest BCUT2D eigenvalue weighted by atomic mass is 10.1. The summed E-state index contributed by atoms with van der Waals surface area (Å²) < 4.78 is 69.8. The molecular formula is C8H12N2O4S3. The van der Waals surface area contributed by atoms with Crippen molar-refractivity contribution >= 4 is 31.2 Å². The summed E-state index contributed by atoms with van der Waals surface area (Å²) in [4.78, 5) is 0. The van der Waals surface area contributed by atoms with Crippen LogP contribution in [-0.2, 0) is 19.9 Å². The minimum absolute atomic E-state index is 0.380. The van der Waals surface area contributed by atoms with Crippen molar-refractivity contribution in [2.45, 2.75) is 33.0 Å². The molecule has 2 rings (SSSR count). The number of thiophene rings is 1. The van der Waals surface area contributed by atoms with E-state index in [1.165, 1.54) is 0 Å². The van der Waals surface area contributed by atoms with Gasteiger partial charge in [0.25, 0.3) is 0 Å². The number of sulfone groups is 1. The van der Waals surface area contributed by atoms with E-state index in [4.69, 9.17) is 15.0 Å². The summed E-state index contributed by atoms with van der Waals surface area (Å²) in [7, 11) is -8.27.